The van der Waals surface area contributed by atoms with Gasteiger partial charge in [-0.05, 0) is 6.92 Å². The van der Waals surface area contributed by atoms with E-state index in [2.05, 4.69) is 10.5 Å². The number of hydrogen-bond donors (Lipinski definition) is 2. The van der Waals surface area contributed by atoms with Crippen LogP contribution in [-0.4, -0.2) is 23.0 Å². The quantitative estimate of drug-likeness (QED) is 0.565. The molecule has 1 atom stereocenters. The van der Waals surface area contributed by atoms with E-state index in [1.807, 2.05) is 0 Å². The lowest BCUT2D eigenvalue weighted by molar-refractivity contribution is 0.0418. The Balaban J connectivity index is 2.55. The molecule has 3 nitrogen and oxygen atoms in total. The summed E-state index contributed by atoms with van der Waals surface area (Å²) in [5.41, 5.74) is 0.618. The Labute approximate surface area is 56.7 Å². The highest BCUT2D eigenvalue weighted by molar-refractivity contribution is 5.89. The zero-order valence-corrected chi connectivity index (χ0v) is 5.43. The van der Waals surface area contributed by atoms with E-state index in [9.17, 15) is 8.78 Å². The van der Waals surface area contributed by atoms with E-state index in [0.29, 0.717) is 0 Å². The minimum absolute atomic E-state index is 0.106. The van der Waals surface area contributed by atoms with Crippen LogP contribution in [0.1, 0.15) is 13.3 Å². The lowest BCUT2D eigenvalue weighted by Gasteiger charge is -2.14. The Bertz CT molecular complexity index is 167. The lowest BCUT2D eigenvalue weighted by Crippen LogP contribution is -2.34. The molecule has 58 valence electrons. The normalized spacial score (nSPS) is 32.3. The number of nitrogens with zero attached hydrogens (tertiary/aromatic N) is 1. The molecule has 1 heterocycles. The van der Waals surface area contributed by atoms with Crippen LogP contribution in [0.15, 0.2) is 5.10 Å². The Morgan fingerprint density at radius 2 is 2.40 bits per heavy atom. The van der Waals surface area contributed by atoms with Crippen LogP contribution in [-0.2, 0) is 0 Å². The maximum absolute atomic E-state index is 11.8. The fourth-order valence-corrected chi connectivity index (χ4v) is 0.750. The zero-order chi connectivity index (χ0) is 7.78. The minimum atomic E-state index is -2.57. The third-order valence-corrected chi connectivity index (χ3v) is 1.22. The van der Waals surface area contributed by atoms with Crippen molar-refractivity contribution in [2.45, 2.75) is 25.5 Å². The number of nitrogens with one attached hydrogen (secondary N) is 1. The molecule has 0 fully saturated rings. The summed E-state index contributed by atoms with van der Waals surface area (Å²) in [6.45, 7) is 1.39. The first-order valence-electron chi connectivity index (χ1n) is 2.85. The molecule has 1 aliphatic rings. The largest absolute Gasteiger partial charge is 0.370 e. The van der Waals surface area contributed by atoms with Crippen LogP contribution in [0.2, 0.25) is 0 Å². The van der Waals surface area contributed by atoms with Gasteiger partial charge < -0.3 is 5.11 Å². The summed E-state index contributed by atoms with van der Waals surface area (Å²) in [5.74, 6) is 0. The molecule has 0 radical (unpaired) electrons. The molecule has 10 heavy (non-hydrogen) atoms. The average molecular weight is 150 g/mol. The van der Waals surface area contributed by atoms with Crippen LogP contribution in [0, 0.1) is 0 Å². The Kier molecular flexibility index (Phi) is 1.60. The van der Waals surface area contributed by atoms with Gasteiger partial charge in [-0.2, -0.15) is 5.10 Å². The van der Waals surface area contributed by atoms with Crippen molar-refractivity contribution in [2.75, 3.05) is 0 Å². The van der Waals surface area contributed by atoms with Crippen molar-refractivity contribution in [3.8, 4) is 0 Å². The SMILES string of the molecule is CC1(O)CC(C(F)F)=NN1. The molecule has 2 N–H and O–H groups in total. The Morgan fingerprint density at radius 3 is 2.60 bits per heavy atom. The molecule has 0 aromatic rings. The molecule has 0 bridgehead atoms. The van der Waals surface area contributed by atoms with Gasteiger partial charge in [0.25, 0.3) is 6.43 Å². The number of aliphatic hydroxyl groups is 1. The summed E-state index contributed by atoms with van der Waals surface area (Å²) in [7, 11) is 0. The van der Waals surface area contributed by atoms with E-state index in [1.165, 1.54) is 6.92 Å². The number of alkyl halides is 2. The van der Waals surface area contributed by atoms with Crippen molar-refractivity contribution in [1.29, 1.82) is 0 Å². The maximum atomic E-state index is 11.8. The van der Waals surface area contributed by atoms with Gasteiger partial charge in [-0.15, -0.1) is 0 Å². The van der Waals surface area contributed by atoms with Crippen molar-refractivity contribution in [3.05, 3.63) is 0 Å². The first kappa shape index (κ1) is 7.40. The second-order valence-corrected chi connectivity index (χ2v) is 2.47. The number of rotatable bonds is 1. The molecule has 0 aromatic carbocycles. The van der Waals surface area contributed by atoms with Gasteiger partial charge >= 0.3 is 0 Å². The first-order chi connectivity index (χ1) is 4.51. The molecule has 1 aliphatic heterocycles. The predicted octanol–water partition coefficient (Wildman–Crippen LogP) is 0.309. The van der Waals surface area contributed by atoms with Gasteiger partial charge in [0.05, 0.1) is 0 Å². The van der Waals surface area contributed by atoms with Crippen molar-refractivity contribution in [1.82, 2.24) is 5.43 Å². The van der Waals surface area contributed by atoms with Crippen LogP contribution in [0.25, 0.3) is 0 Å². The van der Waals surface area contributed by atoms with Crippen molar-refractivity contribution in [2.24, 2.45) is 5.10 Å². The van der Waals surface area contributed by atoms with Gasteiger partial charge in [-0.25, -0.2) is 8.78 Å². The molecule has 0 spiro atoms. The highest BCUT2D eigenvalue weighted by atomic mass is 19.3. The molecule has 5 heteroatoms. The summed E-state index contributed by atoms with van der Waals surface area (Å²) < 4.78 is 23.6. The molecule has 1 rings (SSSR count). The summed E-state index contributed by atoms with van der Waals surface area (Å²) in [5, 5.41) is 12.3. The van der Waals surface area contributed by atoms with E-state index >= 15 is 0 Å². The molecule has 0 amide bonds. The van der Waals surface area contributed by atoms with Gasteiger partial charge in [0, 0.05) is 6.42 Å². The number of hydrazone groups is 1. The monoisotopic (exact) mass is 150 g/mol. The van der Waals surface area contributed by atoms with Crippen LogP contribution in [0.3, 0.4) is 0 Å². The van der Waals surface area contributed by atoms with E-state index < -0.39 is 12.2 Å². The summed E-state index contributed by atoms with van der Waals surface area (Å²) in [4.78, 5) is 0. The number of hydrogen-bond acceptors (Lipinski definition) is 3. The van der Waals surface area contributed by atoms with E-state index in [0.717, 1.165) is 0 Å². The van der Waals surface area contributed by atoms with E-state index in [1.54, 1.807) is 0 Å². The fourth-order valence-electron chi connectivity index (χ4n) is 0.750. The minimum Gasteiger partial charge on any atom is -0.370 e. The van der Waals surface area contributed by atoms with Gasteiger partial charge in [-0.3, -0.25) is 5.43 Å². The van der Waals surface area contributed by atoms with Crippen molar-refractivity contribution in [3.63, 3.8) is 0 Å². The van der Waals surface area contributed by atoms with Gasteiger partial charge in [0.1, 0.15) is 5.71 Å². The van der Waals surface area contributed by atoms with Crippen molar-refractivity contribution < 1.29 is 13.9 Å². The third-order valence-electron chi connectivity index (χ3n) is 1.22. The first-order valence-corrected chi connectivity index (χ1v) is 2.85. The molecule has 0 aliphatic carbocycles. The molecular formula is C5H8F2N2O. The molecule has 0 saturated carbocycles. The molecule has 1 unspecified atom stereocenters. The summed E-state index contributed by atoms with van der Waals surface area (Å²) in [6, 6.07) is 0. The lowest BCUT2D eigenvalue weighted by atomic mass is 10.1. The standard InChI is InChI=1S/C5H8F2N2O/c1-5(10)2-3(4(6)7)8-9-5/h4,9-10H,2H2,1H3. The van der Waals surface area contributed by atoms with Gasteiger partial charge in [0.15, 0.2) is 5.72 Å². The second kappa shape index (κ2) is 2.16. The summed E-state index contributed by atoms with van der Waals surface area (Å²) in [6.07, 6.45) is -2.67. The average Bonchev–Trinajstić information content (AvgIpc) is 2.10. The van der Waals surface area contributed by atoms with Gasteiger partial charge in [-0.1, -0.05) is 0 Å². The predicted molar refractivity (Wildman–Crippen MR) is 31.8 cm³/mol. The fraction of sp³-hybridized carbons (Fsp3) is 0.800. The zero-order valence-electron chi connectivity index (χ0n) is 5.43. The van der Waals surface area contributed by atoms with Crippen LogP contribution < -0.4 is 5.43 Å². The highest BCUT2D eigenvalue weighted by Gasteiger charge is 2.32. The Hall–Kier alpha value is -0.710. The van der Waals surface area contributed by atoms with Gasteiger partial charge in [0.2, 0.25) is 0 Å². The third kappa shape index (κ3) is 1.41. The Morgan fingerprint density at radius 1 is 1.80 bits per heavy atom. The van der Waals surface area contributed by atoms with Crippen LogP contribution in [0.4, 0.5) is 8.78 Å². The number of halogens is 2. The maximum Gasteiger partial charge on any atom is 0.278 e. The summed E-state index contributed by atoms with van der Waals surface area (Å²) >= 11 is 0. The molecular weight excluding hydrogens is 142 g/mol. The van der Waals surface area contributed by atoms with Crippen LogP contribution in [0.5, 0.6) is 0 Å². The van der Waals surface area contributed by atoms with Crippen molar-refractivity contribution >= 4 is 5.71 Å². The topological polar surface area (TPSA) is 44.6 Å². The smallest absolute Gasteiger partial charge is 0.278 e. The van der Waals surface area contributed by atoms with E-state index in [4.69, 9.17) is 5.11 Å². The second-order valence-electron chi connectivity index (χ2n) is 2.47. The highest BCUT2D eigenvalue weighted by Crippen LogP contribution is 2.16. The molecule has 0 saturated heterocycles. The van der Waals surface area contributed by atoms with Crippen LogP contribution >= 0.6 is 0 Å². The molecule has 0 aromatic heterocycles. The van der Waals surface area contributed by atoms with E-state index in [-0.39, 0.29) is 12.1 Å².